The minimum absolute atomic E-state index is 0.227. The number of nitrogens with two attached hydrogens (primary N) is 1. The van der Waals surface area contributed by atoms with Crippen LogP contribution >= 0.6 is 12.2 Å². The Morgan fingerprint density at radius 3 is 2.87 bits per heavy atom. The van der Waals surface area contributed by atoms with E-state index >= 15 is 0 Å². The third-order valence-electron chi connectivity index (χ3n) is 2.20. The molecular weight excluding hydrogens is 212 g/mol. The highest BCUT2D eigenvalue weighted by molar-refractivity contribution is 7.80. The molecule has 1 saturated heterocycles. The number of hydrogen-bond donors (Lipinski definition) is 1. The molecule has 80 valence electrons. The van der Waals surface area contributed by atoms with Crippen LogP contribution in [0.25, 0.3) is 0 Å². The van der Waals surface area contributed by atoms with Crippen molar-refractivity contribution in [1.82, 2.24) is 9.97 Å². The number of morpholine rings is 1. The van der Waals surface area contributed by atoms with Crippen molar-refractivity contribution in [2.24, 2.45) is 5.73 Å². The maximum absolute atomic E-state index is 5.48. The highest BCUT2D eigenvalue weighted by Crippen LogP contribution is 2.11. The molecule has 0 radical (unpaired) electrons. The second kappa shape index (κ2) is 4.50. The van der Waals surface area contributed by atoms with E-state index in [4.69, 9.17) is 22.7 Å². The van der Waals surface area contributed by atoms with Crippen molar-refractivity contribution in [3.05, 3.63) is 18.1 Å². The van der Waals surface area contributed by atoms with Crippen molar-refractivity contribution >= 4 is 23.0 Å². The molecule has 2 N–H and O–H groups in total. The lowest BCUT2D eigenvalue weighted by Crippen LogP contribution is -2.37. The van der Waals surface area contributed by atoms with Crippen molar-refractivity contribution < 1.29 is 4.74 Å². The Bertz CT molecular complexity index is 365. The van der Waals surface area contributed by atoms with Crippen LogP contribution in [0.2, 0.25) is 0 Å². The lowest BCUT2D eigenvalue weighted by molar-refractivity contribution is 0.122. The summed E-state index contributed by atoms with van der Waals surface area (Å²) in [7, 11) is 0. The number of nitrogens with zero attached hydrogens (tertiary/aromatic N) is 3. The average molecular weight is 224 g/mol. The van der Waals surface area contributed by atoms with Crippen LogP contribution in [-0.2, 0) is 4.74 Å². The predicted molar refractivity (Wildman–Crippen MR) is 61.0 cm³/mol. The predicted octanol–water partition coefficient (Wildman–Crippen LogP) is -0.0526. The van der Waals surface area contributed by atoms with Crippen LogP contribution in [-0.4, -0.2) is 41.3 Å². The van der Waals surface area contributed by atoms with E-state index in [1.54, 1.807) is 6.20 Å². The fourth-order valence-corrected chi connectivity index (χ4v) is 1.53. The monoisotopic (exact) mass is 224 g/mol. The zero-order chi connectivity index (χ0) is 10.7. The van der Waals surface area contributed by atoms with E-state index in [0.717, 1.165) is 32.1 Å². The summed E-state index contributed by atoms with van der Waals surface area (Å²) >= 11 is 4.83. The first-order valence-corrected chi connectivity index (χ1v) is 5.14. The summed E-state index contributed by atoms with van der Waals surface area (Å²) in [5.41, 5.74) is 5.48. The maximum Gasteiger partial charge on any atom is 0.188 e. The number of thiocarbonyl (C=S) groups is 1. The van der Waals surface area contributed by atoms with Crippen LogP contribution in [0, 0.1) is 0 Å². The highest BCUT2D eigenvalue weighted by Gasteiger charge is 2.13. The molecule has 1 aliphatic rings. The molecule has 2 heterocycles. The van der Waals surface area contributed by atoms with Gasteiger partial charge in [-0.25, -0.2) is 9.97 Å². The summed E-state index contributed by atoms with van der Waals surface area (Å²) in [6.07, 6.45) is 1.67. The fourth-order valence-electron chi connectivity index (χ4n) is 1.44. The number of ether oxygens (including phenoxy) is 1. The van der Waals surface area contributed by atoms with Crippen LogP contribution in [0.15, 0.2) is 12.3 Å². The molecule has 15 heavy (non-hydrogen) atoms. The minimum atomic E-state index is 0.227. The van der Waals surface area contributed by atoms with Gasteiger partial charge in [0.1, 0.15) is 10.8 Å². The van der Waals surface area contributed by atoms with Crippen molar-refractivity contribution in [2.75, 3.05) is 31.2 Å². The van der Waals surface area contributed by atoms with E-state index in [1.165, 1.54) is 0 Å². The van der Waals surface area contributed by atoms with Crippen molar-refractivity contribution in [3.63, 3.8) is 0 Å². The molecule has 0 aliphatic carbocycles. The second-order valence-corrected chi connectivity index (χ2v) is 3.64. The Labute approximate surface area is 93.3 Å². The summed E-state index contributed by atoms with van der Waals surface area (Å²) < 4.78 is 5.26. The Hall–Kier alpha value is -1.27. The zero-order valence-electron chi connectivity index (χ0n) is 8.22. The van der Waals surface area contributed by atoms with E-state index in [-0.39, 0.29) is 4.99 Å². The quantitative estimate of drug-likeness (QED) is 0.710. The van der Waals surface area contributed by atoms with Gasteiger partial charge in [0.15, 0.2) is 5.82 Å². The minimum Gasteiger partial charge on any atom is -0.387 e. The van der Waals surface area contributed by atoms with Gasteiger partial charge >= 0.3 is 0 Å². The summed E-state index contributed by atoms with van der Waals surface area (Å²) in [6, 6.07) is 1.85. The van der Waals surface area contributed by atoms with Crippen molar-refractivity contribution in [3.8, 4) is 0 Å². The summed E-state index contributed by atoms with van der Waals surface area (Å²) in [4.78, 5) is 10.6. The topological polar surface area (TPSA) is 64.3 Å². The molecule has 1 aromatic heterocycles. The number of hydrogen-bond acceptors (Lipinski definition) is 5. The molecule has 1 aliphatic heterocycles. The lowest BCUT2D eigenvalue weighted by atomic mass is 10.4. The van der Waals surface area contributed by atoms with E-state index in [0.29, 0.717) is 5.82 Å². The van der Waals surface area contributed by atoms with E-state index in [9.17, 15) is 0 Å². The van der Waals surface area contributed by atoms with Gasteiger partial charge in [-0.15, -0.1) is 0 Å². The standard InChI is InChI=1S/C9H12N4OS/c10-8(15)9-11-2-1-7(12-9)13-3-5-14-6-4-13/h1-2H,3-6H2,(H2,10,15). The maximum atomic E-state index is 5.48. The van der Waals surface area contributed by atoms with Gasteiger partial charge < -0.3 is 15.4 Å². The molecule has 5 nitrogen and oxygen atoms in total. The van der Waals surface area contributed by atoms with Gasteiger partial charge in [0, 0.05) is 19.3 Å². The number of aromatic nitrogens is 2. The molecule has 6 heteroatoms. The fraction of sp³-hybridized carbons (Fsp3) is 0.444. The van der Waals surface area contributed by atoms with Gasteiger partial charge in [-0.05, 0) is 6.07 Å². The molecule has 1 fully saturated rings. The molecule has 0 aromatic carbocycles. The average Bonchev–Trinajstić information content (AvgIpc) is 2.30. The first-order chi connectivity index (χ1) is 7.27. The first kappa shape index (κ1) is 10.3. The Kier molecular flexibility index (Phi) is 3.08. The van der Waals surface area contributed by atoms with E-state index in [2.05, 4.69) is 14.9 Å². The third-order valence-corrected chi connectivity index (χ3v) is 2.38. The largest absolute Gasteiger partial charge is 0.387 e. The molecule has 0 atom stereocenters. The third kappa shape index (κ3) is 2.40. The van der Waals surface area contributed by atoms with Gasteiger partial charge in [0.2, 0.25) is 0 Å². The van der Waals surface area contributed by atoms with Crippen molar-refractivity contribution in [2.45, 2.75) is 0 Å². The van der Waals surface area contributed by atoms with Crippen LogP contribution in [0.3, 0.4) is 0 Å². The molecule has 0 spiro atoms. The summed E-state index contributed by atoms with van der Waals surface area (Å²) in [5, 5.41) is 0. The Morgan fingerprint density at radius 2 is 2.20 bits per heavy atom. The van der Waals surface area contributed by atoms with Crippen LogP contribution in [0.1, 0.15) is 5.82 Å². The normalized spacial score (nSPS) is 16.4. The van der Waals surface area contributed by atoms with Crippen LogP contribution < -0.4 is 10.6 Å². The van der Waals surface area contributed by atoms with Gasteiger partial charge in [0.25, 0.3) is 0 Å². The van der Waals surface area contributed by atoms with E-state index < -0.39 is 0 Å². The van der Waals surface area contributed by atoms with Gasteiger partial charge in [-0.2, -0.15) is 0 Å². The summed E-state index contributed by atoms with van der Waals surface area (Å²) in [6.45, 7) is 3.14. The van der Waals surface area contributed by atoms with Crippen molar-refractivity contribution in [1.29, 1.82) is 0 Å². The highest BCUT2D eigenvalue weighted by atomic mass is 32.1. The molecule has 1 aromatic rings. The van der Waals surface area contributed by atoms with Crippen LogP contribution in [0.4, 0.5) is 5.82 Å². The Morgan fingerprint density at radius 1 is 1.47 bits per heavy atom. The first-order valence-electron chi connectivity index (χ1n) is 4.73. The smallest absolute Gasteiger partial charge is 0.188 e. The van der Waals surface area contributed by atoms with Gasteiger partial charge in [0.05, 0.1) is 13.2 Å². The molecular formula is C9H12N4OS. The molecule has 0 bridgehead atoms. The molecule has 2 rings (SSSR count). The zero-order valence-corrected chi connectivity index (χ0v) is 9.04. The Balaban J connectivity index is 2.19. The SMILES string of the molecule is NC(=S)c1nccc(N2CCOCC2)n1. The lowest BCUT2D eigenvalue weighted by Gasteiger charge is -2.27. The van der Waals surface area contributed by atoms with Crippen LogP contribution in [0.5, 0.6) is 0 Å². The van der Waals surface area contributed by atoms with E-state index in [1.807, 2.05) is 6.07 Å². The van der Waals surface area contributed by atoms with Gasteiger partial charge in [-0.3, -0.25) is 0 Å². The summed E-state index contributed by atoms with van der Waals surface area (Å²) in [5.74, 6) is 1.28. The number of rotatable bonds is 2. The number of anilines is 1. The molecule has 0 unspecified atom stereocenters. The molecule has 0 amide bonds. The molecule has 0 saturated carbocycles. The second-order valence-electron chi connectivity index (χ2n) is 3.20. The van der Waals surface area contributed by atoms with Gasteiger partial charge in [-0.1, -0.05) is 12.2 Å².